The zero-order chi connectivity index (χ0) is 21.8. The SMILES string of the molecule is CCOC(=O)c1ccc(NC(=O)CSc2nnc(-c3cc4ccccc4o3)n2C)cc1. The van der Waals surface area contributed by atoms with Gasteiger partial charge in [0.25, 0.3) is 0 Å². The second-order valence-corrected chi connectivity index (χ2v) is 7.59. The van der Waals surface area contributed by atoms with Crippen LogP contribution in [-0.4, -0.2) is 39.0 Å². The Morgan fingerprint density at radius 1 is 1.13 bits per heavy atom. The highest BCUT2D eigenvalue weighted by Crippen LogP contribution is 2.28. The summed E-state index contributed by atoms with van der Waals surface area (Å²) < 4.78 is 12.6. The molecule has 4 aromatic rings. The van der Waals surface area contributed by atoms with Gasteiger partial charge in [-0.05, 0) is 43.3 Å². The third kappa shape index (κ3) is 4.61. The van der Waals surface area contributed by atoms with Gasteiger partial charge in [0.1, 0.15) is 5.58 Å². The lowest BCUT2D eigenvalue weighted by atomic mass is 10.2. The Morgan fingerprint density at radius 3 is 2.65 bits per heavy atom. The summed E-state index contributed by atoms with van der Waals surface area (Å²) in [5, 5.41) is 12.8. The highest BCUT2D eigenvalue weighted by molar-refractivity contribution is 7.99. The maximum absolute atomic E-state index is 12.3. The van der Waals surface area contributed by atoms with Gasteiger partial charge >= 0.3 is 5.97 Å². The number of esters is 1. The highest BCUT2D eigenvalue weighted by atomic mass is 32.2. The van der Waals surface area contributed by atoms with Crippen molar-refractivity contribution in [3.8, 4) is 11.6 Å². The van der Waals surface area contributed by atoms with Crippen LogP contribution in [0.2, 0.25) is 0 Å². The fourth-order valence-electron chi connectivity index (χ4n) is 2.98. The molecule has 9 heteroatoms. The fourth-order valence-corrected chi connectivity index (χ4v) is 3.69. The van der Waals surface area contributed by atoms with Gasteiger partial charge in [0.05, 0.1) is 17.9 Å². The van der Waals surface area contributed by atoms with Crippen LogP contribution in [0.1, 0.15) is 17.3 Å². The van der Waals surface area contributed by atoms with Crippen molar-refractivity contribution in [2.45, 2.75) is 12.1 Å². The van der Waals surface area contributed by atoms with Crippen LogP contribution in [0.15, 0.2) is 64.2 Å². The highest BCUT2D eigenvalue weighted by Gasteiger charge is 2.16. The molecule has 0 spiro atoms. The molecule has 0 aliphatic carbocycles. The number of thioether (sulfide) groups is 1. The second-order valence-electron chi connectivity index (χ2n) is 6.65. The molecule has 4 rings (SSSR count). The molecule has 2 aromatic carbocycles. The van der Waals surface area contributed by atoms with E-state index in [1.54, 1.807) is 35.8 Å². The summed E-state index contributed by atoms with van der Waals surface area (Å²) >= 11 is 1.27. The Bertz CT molecular complexity index is 1200. The third-order valence-electron chi connectivity index (χ3n) is 4.49. The van der Waals surface area contributed by atoms with Gasteiger partial charge in [-0.2, -0.15) is 0 Å². The number of nitrogens with zero attached hydrogens (tertiary/aromatic N) is 3. The minimum Gasteiger partial charge on any atom is -0.462 e. The number of hydrogen-bond donors (Lipinski definition) is 1. The van der Waals surface area contributed by atoms with Crippen LogP contribution in [0.3, 0.4) is 0 Å². The first kappa shape index (κ1) is 20.7. The van der Waals surface area contributed by atoms with Crippen LogP contribution < -0.4 is 5.32 Å². The van der Waals surface area contributed by atoms with Crippen LogP contribution in [-0.2, 0) is 16.6 Å². The third-order valence-corrected chi connectivity index (χ3v) is 5.51. The van der Waals surface area contributed by atoms with E-state index in [9.17, 15) is 9.59 Å². The van der Waals surface area contributed by atoms with E-state index in [4.69, 9.17) is 9.15 Å². The van der Waals surface area contributed by atoms with Gasteiger partial charge in [0.15, 0.2) is 16.7 Å². The number of anilines is 1. The van der Waals surface area contributed by atoms with Crippen molar-refractivity contribution in [2.24, 2.45) is 7.05 Å². The molecule has 2 aromatic heterocycles. The normalized spacial score (nSPS) is 10.9. The Balaban J connectivity index is 1.37. The molecule has 0 bridgehead atoms. The van der Waals surface area contributed by atoms with E-state index in [1.807, 2.05) is 37.4 Å². The molecule has 0 unspecified atom stereocenters. The van der Waals surface area contributed by atoms with E-state index in [-0.39, 0.29) is 11.7 Å². The predicted molar refractivity (Wildman–Crippen MR) is 118 cm³/mol. The quantitative estimate of drug-likeness (QED) is 0.343. The standard InChI is InChI=1S/C22H20N4O4S/c1-3-29-21(28)14-8-10-16(11-9-14)23-19(27)13-31-22-25-24-20(26(22)2)18-12-15-6-4-5-7-17(15)30-18/h4-12H,3,13H2,1-2H3,(H,23,27). The number of carbonyl (C=O) groups excluding carboxylic acids is 2. The minimum absolute atomic E-state index is 0.158. The fraction of sp³-hybridized carbons (Fsp3) is 0.182. The van der Waals surface area contributed by atoms with E-state index in [0.717, 1.165) is 11.0 Å². The topological polar surface area (TPSA) is 99.2 Å². The number of rotatable bonds is 7. The van der Waals surface area contributed by atoms with Crippen molar-refractivity contribution in [2.75, 3.05) is 17.7 Å². The number of ether oxygens (including phenoxy) is 1. The molecular weight excluding hydrogens is 416 g/mol. The van der Waals surface area contributed by atoms with E-state index >= 15 is 0 Å². The average molecular weight is 436 g/mol. The number of benzene rings is 2. The first-order valence-electron chi connectivity index (χ1n) is 9.63. The summed E-state index contributed by atoms with van der Waals surface area (Å²) in [6.07, 6.45) is 0. The smallest absolute Gasteiger partial charge is 0.338 e. The molecule has 1 N–H and O–H groups in total. The molecule has 31 heavy (non-hydrogen) atoms. The molecule has 0 radical (unpaired) electrons. The summed E-state index contributed by atoms with van der Waals surface area (Å²) in [4.78, 5) is 24.0. The predicted octanol–water partition coefficient (Wildman–Crippen LogP) is 4.14. The summed E-state index contributed by atoms with van der Waals surface area (Å²) in [6, 6.07) is 16.2. The maximum atomic E-state index is 12.3. The summed E-state index contributed by atoms with van der Waals surface area (Å²) in [5.41, 5.74) is 1.81. The Labute approximate surface area is 182 Å². The lowest BCUT2D eigenvalue weighted by molar-refractivity contribution is -0.113. The number of fused-ring (bicyclic) bond motifs is 1. The first-order chi connectivity index (χ1) is 15.0. The number of nitrogens with one attached hydrogen (secondary N) is 1. The molecule has 158 valence electrons. The first-order valence-corrected chi connectivity index (χ1v) is 10.6. The molecular formula is C22H20N4O4S. The summed E-state index contributed by atoms with van der Waals surface area (Å²) in [7, 11) is 1.83. The monoisotopic (exact) mass is 436 g/mol. The van der Waals surface area contributed by atoms with Crippen molar-refractivity contribution < 1.29 is 18.7 Å². The Hall–Kier alpha value is -3.59. The molecule has 8 nitrogen and oxygen atoms in total. The number of aromatic nitrogens is 3. The van der Waals surface area contributed by atoms with Gasteiger partial charge in [-0.15, -0.1) is 10.2 Å². The van der Waals surface area contributed by atoms with E-state index in [1.165, 1.54) is 11.8 Å². The molecule has 0 fully saturated rings. The maximum Gasteiger partial charge on any atom is 0.338 e. The summed E-state index contributed by atoms with van der Waals surface area (Å²) in [5.74, 6) is 0.787. The van der Waals surface area contributed by atoms with Crippen LogP contribution in [0.25, 0.3) is 22.6 Å². The summed E-state index contributed by atoms with van der Waals surface area (Å²) in [6.45, 7) is 2.07. The van der Waals surface area contributed by atoms with Gasteiger partial charge in [-0.25, -0.2) is 4.79 Å². The molecule has 0 atom stereocenters. The van der Waals surface area contributed by atoms with Crippen molar-refractivity contribution in [3.63, 3.8) is 0 Å². The van der Waals surface area contributed by atoms with Gasteiger partial charge in [-0.3, -0.25) is 4.79 Å². The number of furan rings is 1. The van der Waals surface area contributed by atoms with Crippen LogP contribution in [0, 0.1) is 0 Å². The number of amides is 1. The minimum atomic E-state index is -0.390. The van der Waals surface area contributed by atoms with Crippen molar-refractivity contribution >= 4 is 40.3 Å². The molecule has 2 heterocycles. The number of para-hydroxylation sites is 1. The number of carbonyl (C=O) groups is 2. The van der Waals surface area contributed by atoms with E-state index in [2.05, 4.69) is 15.5 Å². The molecule has 0 aliphatic rings. The molecule has 1 amide bonds. The van der Waals surface area contributed by atoms with Crippen molar-refractivity contribution in [3.05, 3.63) is 60.2 Å². The lowest BCUT2D eigenvalue weighted by Gasteiger charge is -2.06. The number of hydrogen-bond acceptors (Lipinski definition) is 7. The van der Waals surface area contributed by atoms with Crippen LogP contribution in [0.5, 0.6) is 0 Å². The van der Waals surface area contributed by atoms with Gasteiger partial charge in [0, 0.05) is 18.1 Å². The average Bonchev–Trinajstić information content (AvgIpc) is 3.36. The Kier molecular flexibility index (Phi) is 6.03. The van der Waals surface area contributed by atoms with E-state index in [0.29, 0.717) is 34.6 Å². The van der Waals surface area contributed by atoms with Gasteiger partial charge in [0.2, 0.25) is 5.91 Å². The van der Waals surface area contributed by atoms with E-state index < -0.39 is 5.97 Å². The zero-order valence-electron chi connectivity index (χ0n) is 17.0. The van der Waals surface area contributed by atoms with Crippen LogP contribution >= 0.6 is 11.8 Å². The van der Waals surface area contributed by atoms with Crippen LogP contribution in [0.4, 0.5) is 5.69 Å². The second kappa shape index (κ2) is 9.05. The Morgan fingerprint density at radius 2 is 1.90 bits per heavy atom. The molecule has 0 saturated heterocycles. The van der Waals surface area contributed by atoms with Crippen molar-refractivity contribution in [1.82, 2.24) is 14.8 Å². The zero-order valence-corrected chi connectivity index (χ0v) is 17.8. The van der Waals surface area contributed by atoms with Crippen molar-refractivity contribution in [1.29, 1.82) is 0 Å². The molecule has 0 aliphatic heterocycles. The largest absolute Gasteiger partial charge is 0.462 e. The van der Waals surface area contributed by atoms with Gasteiger partial charge in [-0.1, -0.05) is 30.0 Å². The van der Waals surface area contributed by atoms with Gasteiger partial charge < -0.3 is 19.0 Å². The lowest BCUT2D eigenvalue weighted by Crippen LogP contribution is -2.14. The molecule has 0 saturated carbocycles.